The average molecular weight is 323 g/mol. The lowest BCUT2D eigenvalue weighted by Gasteiger charge is -2.23. The lowest BCUT2D eigenvalue weighted by Crippen LogP contribution is -2.05. The molecule has 0 amide bonds. The summed E-state index contributed by atoms with van der Waals surface area (Å²) in [6.07, 6.45) is 8.25. The van der Waals surface area contributed by atoms with Crippen LogP contribution in [-0.4, -0.2) is 11.2 Å². The lowest BCUT2D eigenvalue weighted by atomic mass is 9.83. The van der Waals surface area contributed by atoms with Gasteiger partial charge in [0, 0.05) is 4.47 Å². The van der Waals surface area contributed by atoms with E-state index in [0.29, 0.717) is 0 Å². The van der Waals surface area contributed by atoms with Crippen LogP contribution < -0.4 is 0 Å². The molecule has 1 aromatic carbocycles. The van der Waals surface area contributed by atoms with Gasteiger partial charge in [0.25, 0.3) is 0 Å². The first-order valence-electron chi connectivity index (χ1n) is 7.24. The second kappa shape index (κ2) is 6.71. The highest BCUT2D eigenvalue weighted by atomic mass is 79.9. The Morgan fingerprint density at radius 3 is 2.58 bits per heavy atom. The van der Waals surface area contributed by atoms with Crippen LogP contribution in [0.2, 0.25) is 0 Å². The van der Waals surface area contributed by atoms with Gasteiger partial charge in [-0.3, -0.25) is 0 Å². The van der Waals surface area contributed by atoms with Gasteiger partial charge in [-0.1, -0.05) is 53.4 Å². The Hall–Kier alpha value is -0.600. The first-order chi connectivity index (χ1) is 9.08. The fourth-order valence-corrected chi connectivity index (χ4v) is 3.68. The van der Waals surface area contributed by atoms with Crippen molar-refractivity contribution in [1.29, 1.82) is 0 Å². The quantitative estimate of drug-likeness (QED) is 0.802. The molecule has 1 saturated carbocycles. The topological polar surface area (TPSA) is 20.2 Å². The lowest BCUT2D eigenvalue weighted by molar-refractivity contribution is 0.244. The molecule has 1 aliphatic rings. The first-order valence-corrected chi connectivity index (χ1v) is 8.03. The zero-order valence-corrected chi connectivity index (χ0v) is 13.4. The second-order valence-corrected chi connectivity index (χ2v) is 6.52. The van der Waals surface area contributed by atoms with Crippen LogP contribution in [0.15, 0.2) is 28.7 Å². The summed E-state index contributed by atoms with van der Waals surface area (Å²) < 4.78 is 1.22. The first kappa shape index (κ1) is 14.8. The van der Waals surface area contributed by atoms with Crippen molar-refractivity contribution in [3.05, 3.63) is 39.9 Å². The molecule has 1 unspecified atom stereocenters. The van der Waals surface area contributed by atoms with E-state index in [9.17, 15) is 5.11 Å². The summed E-state index contributed by atoms with van der Waals surface area (Å²) in [6.45, 7) is 3.84. The van der Waals surface area contributed by atoms with Gasteiger partial charge in [-0.2, -0.15) is 0 Å². The Labute approximate surface area is 124 Å². The van der Waals surface area contributed by atoms with Crippen LogP contribution in [0, 0.1) is 0 Å². The molecular weight excluding hydrogens is 300 g/mol. The number of rotatable bonds is 3. The standard InChI is InChI=1S/C17H23BrO/c1-12(10-13(2)19)15-8-9-16(17(18)11-15)14-6-4-3-5-7-14/h8-11,13-14,19H,3-7H2,1-2H3. The predicted molar refractivity (Wildman–Crippen MR) is 85.3 cm³/mol. The van der Waals surface area contributed by atoms with Crippen LogP contribution in [0.3, 0.4) is 0 Å². The molecule has 0 spiro atoms. The molecule has 0 aliphatic heterocycles. The SMILES string of the molecule is CC(=CC(C)O)c1ccc(C2CCCCC2)c(Br)c1. The van der Waals surface area contributed by atoms with E-state index in [-0.39, 0.29) is 0 Å². The van der Waals surface area contributed by atoms with Gasteiger partial charge in [-0.15, -0.1) is 0 Å². The molecule has 104 valence electrons. The van der Waals surface area contributed by atoms with Crippen molar-refractivity contribution in [2.24, 2.45) is 0 Å². The smallest absolute Gasteiger partial charge is 0.0698 e. The monoisotopic (exact) mass is 322 g/mol. The van der Waals surface area contributed by atoms with Gasteiger partial charge in [-0.05, 0) is 55.4 Å². The molecule has 0 bridgehead atoms. The van der Waals surface area contributed by atoms with Crippen LogP contribution in [0.25, 0.3) is 5.57 Å². The number of hydrogen-bond acceptors (Lipinski definition) is 1. The molecule has 1 fully saturated rings. The molecule has 1 N–H and O–H groups in total. The summed E-state index contributed by atoms with van der Waals surface area (Å²) in [5.41, 5.74) is 3.77. The molecule has 0 aromatic heterocycles. The summed E-state index contributed by atoms with van der Waals surface area (Å²) in [5.74, 6) is 0.721. The van der Waals surface area contributed by atoms with Crippen molar-refractivity contribution >= 4 is 21.5 Å². The predicted octanol–water partition coefficient (Wildman–Crippen LogP) is 5.28. The minimum Gasteiger partial charge on any atom is -0.389 e. The van der Waals surface area contributed by atoms with E-state index in [1.54, 1.807) is 6.92 Å². The number of aliphatic hydroxyl groups is 1. The van der Waals surface area contributed by atoms with E-state index in [2.05, 4.69) is 41.1 Å². The van der Waals surface area contributed by atoms with Crippen molar-refractivity contribution in [2.75, 3.05) is 0 Å². The van der Waals surface area contributed by atoms with Gasteiger partial charge >= 0.3 is 0 Å². The molecule has 0 saturated heterocycles. The molecule has 2 heteroatoms. The molecule has 2 rings (SSSR count). The van der Waals surface area contributed by atoms with Crippen molar-refractivity contribution in [3.8, 4) is 0 Å². The highest BCUT2D eigenvalue weighted by Gasteiger charge is 2.17. The molecule has 1 nitrogen and oxygen atoms in total. The Bertz CT molecular complexity index is 456. The second-order valence-electron chi connectivity index (χ2n) is 5.66. The Kier molecular flexibility index (Phi) is 5.23. The Balaban J connectivity index is 2.21. The van der Waals surface area contributed by atoms with E-state index in [1.807, 2.05) is 6.08 Å². The summed E-state index contributed by atoms with van der Waals surface area (Å²) in [7, 11) is 0. The maximum absolute atomic E-state index is 9.42. The summed E-state index contributed by atoms with van der Waals surface area (Å²) in [5, 5.41) is 9.42. The third kappa shape index (κ3) is 3.93. The highest BCUT2D eigenvalue weighted by molar-refractivity contribution is 9.10. The Morgan fingerprint density at radius 2 is 2.00 bits per heavy atom. The molecular formula is C17H23BrO. The number of hydrogen-bond donors (Lipinski definition) is 1. The minimum atomic E-state index is -0.392. The average Bonchev–Trinajstić information content (AvgIpc) is 2.38. The number of allylic oxidation sites excluding steroid dienone is 1. The van der Waals surface area contributed by atoms with Gasteiger partial charge in [0.1, 0.15) is 0 Å². The largest absolute Gasteiger partial charge is 0.389 e. The van der Waals surface area contributed by atoms with Crippen molar-refractivity contribution in [2.45, 2.75) is 58.0 Å². The summed E-state index contributed by atoms with van der Waals surface area (Å²) >= 11 is 3.73. The zero-order chi connectivity index (χ0) is 13.8. The summed E-state index contributed by atoms with van der Waals surface area (Å²) in [6, 6.07) is 6.63. The van der Waals surface area contributed by atoms with Crippen molar-refractivity contribution in [1.82, 2.24) is 0 Å². The zero-order valence-electron chi connectivity index (χ0n) is 11.8. The van der Waals surface area contributed by atoms with E-state index >= 15 is 0 Å². The van der Waals surface area contributed by atoms with E-state index in [0.717, 1.165) is 11.5 Å². The molecule has 1 aliphatic carbocycles. The molecule has 0 radical (unpaired) electrons. The van der Waals surface area contributed by atoms with Crippen molar-refractivity contribution in [3.63, 3.8) is 0 Å². The summed E-state index contributed by atoms with van der Waals surface area (Å²) in [4.78, 5) is 0. The fraction of sp³-hybridized carbons (Fsp3) is 0.529. The minimum absolute atomic E-state index is 0.392. The van der Waals surface area contributed by atoms with Crippen LogP contribution in [0.4, 0.5) is 0 Å². The fourth-order valence-electron chi connectivity index (χ4n) is 2.98. The molecule has 0 heterocycles. The number of aliphatic hydroxyl groups excluding tert-OH is 1. The van der Waals surface area contributed by atoms with Gasteiger partial charge in [0.2, 0.25) is 0 Å². The Morgan fingerprint density at radius 1 is 1.32 bits per heavy atom. The van der Waals surface area contributed by atoms with E-state index < -0.39 is 6.10 Å². The normalized spacial score (nSPS) is 19.5. The van der Waals surface area contributed by atoms with Gasteiger partial charge < -0.3 is 5.11 Å². The van der Waals surface area contributed by atoms with Crippen LogP contribution >= 0.6 is 15.9 Å². The molecule has 19 heavy (non-hydrogen) atoms. The van der Waals surface area contributed by atoms with Gasteiger partial charge in [-0.25, -0.2) is 0 Å². The van der Waals surface area contributed by atoms with E-state index in [1.165, 1.54) is 47.7 Å². The number of halogens is 1. The highest BCUT2D eigenvalue weighted by Crippen LogP contribution is 2.37. The van der Waals surface area contributed by atoms with Crippen molar-refractivity contribution < 1.29 is 5.11 Å². The molecule has 1 atom stereocenters. The van der Waals surface area contributed by atoms with Gasteiger partial charge in [0.05, 0.1) is 6.10 Å². The maximum atomic E-state index is 9.42. The third-order valence-corrected chi connectivity index (χ3v) is 4.68. The maximum Gasteiger partial charge on any atom is 0.0698 e. The molecule has 1 aromatic rings. The van der Waals surface area contributed by atoms with Crippen LogP contribution in [0.1, 0.15) is 63.0 Å². The third-order valence-electron chi connectivity index (χ3n) is 3.99. The number of benzene rings is 1. The van der Waals surface area contributed by atoms with Crippen LogP contribution in [0.5, 0.6) is 0 Å². The van der Waals surface area contributed by atoms with Crippen LogP contribution in [-0.2, 0) is 0 Å². The van der Waals surface area contributed by atoms with Gasteiger partial charge in [0.15, 0.2) is 0 Å². The van der Waals surface area contributed by atoms with E-state index in [4.69, 9.17) is 0 Å².